The maximum atomic E-state index is 10.7. The number of hydrogen-bond donors (Lipinski definition) is 3. The molecule has 0 saturated heterocycles. The van der Waals surface area contributed by atoms with E-state index in [-0.39, 0.29) is 5.69 Å². The van der Waals surface area contributed by atoms with Crippen molar-refractivity contribution in [3.8, 4) is 11.3 Å². The molecule has 1 aromatic heterocycles. The molecule has 0 saturated carbocycles. The lowest BCUT2D eigenvalue weighted by molar-refractivity contribution is 0.0686. The molecule has 1 aromatic carbocycles. The molecule has 0 bridgehead atoms. The SMILES string of the molecule is NC(=O)Nc1cccc(-c2cc(C(=O)O)no2)c1. The molecule has 1 heterocycles. The summed E-state index contributed by atoms with van der Waals surface area (Å²) in [5, 5.41) is 14.5. The number of aromatic nitrogens is 1. The molecule has 0 unspecified atom stereocenters. The van der Waals surface area contributed by atoms with Gasteiger partial charge in [-0.2, -0.15) is 0 Å². The summed E-state index contributed by atoms with van der Waals surface area (Å²) in [4.78, 5) is 21.4. The fourth-order valence-electron chi connectivity index (χ4n) is 1.40. The van der Waals surface area contributed by atoms with Crippen LogP contribution in [0, 0.1) is 0 Å². The molecule has 0 spiro atoms. The summed E-state index contributed by atoms with van der Waals surface area (Å²) in [7, 11) is 0. The van der Waals surface area contributed by atoms with Gasteiger partial charge in [-0.3, -0.25) is 0 Å². The largest absolute Gasteiger partial charge is 0.476 e. The second-order valence-corrected chi connectivity index (χ2v) is 3.45. The van der Waals surface area contributed by atoms with Crippen LogP contribution in [0.15, 0.2) is 34.9 Å². The maximum absolute atomic E-state index is 10.7. The van der Waals surface area contributed by atoms with Crippen LogP contribution in [-0.4, -0.2) is 22.3 Å². The third-order valence-corrected chi connectivity index (χ3v) is 2.14. The average molecular weight is 247 g/mol. The number of carbonyl (C=O) groups is 2. The van der Waals surface area contributed by atoms with E-state index < -0.39 is 12.0 Å². The highest BCUT2D eigenvalue weighted by Gasteiger charge is 2.12. The van der Waals surface area contributed by atoms with E-state index in [4.69, 9.17) is 15.4 Å². The number of carboxylic acids is 1. The van der Waals surface area contributed by atoms with E-state index in [2.05, 4.69) is 10.5 Å². The predicted molar refractivity (Wildman–Crippen MR) is 62.1 cm³/mol. The van der Waals surface area contributed by atoms with E-state index in [0.717, 1.165) is 0 Å². The molecule has 0 aliphatic heterocycles. The second kappa shape index (κ2) is 4.58. The van der Waals surface area contributed by atoms with Gasteiger partial charge in [0, 0.05) is 17.3 Å². The molecular formula is C11H9N3O4. The molecule has 2 rings (SSSR count). The number of primary amides is 1. The lowest BCUT2D eigenvalue weighted by atomic mass is 10.1. The number of carboxylic acid groups (broad SMARTS) is 1. The van der Waals surface area contributed by atoms with Gasteiger partial charge in [0.05, 0.1) is 0 Å². The summed E-state index contributed by atoms with van der Waals surface area (Å²) in [5.74, 6) is -0.878. The first-order valence-electron chi connectivity index (χ1n) is 4.93. The van der Waals surface area contributed by atoms with E-state index in [1.165, 1.54) is 6.07 Å². The Balaban J connectivity index is 2.32. The standard InChI is InChI=1S/C11H9N3O4/c12-11(17)13-7-3-1-2-6(4-7)9-5-8(10(15)16)14-18-9/h1-5H,(H,15,16)(H3,12,13,17). The highest BCUT2D eigenvalue weighted by atomic mass is 16.5. The van der Waals surface area contributed by atoms with Crippen molar-refractivity contribution in [2.45, 2.75) is 0 Å². The number of anilines is 1. The molecule has 4 N–H and O–H groups in total. The summed E-state index contributed by atoms with van der Waals surface area (Å²) in [5.41, 5.74) is 5.88. The van der Waals surface area contributed by atoms with Crippen LogP contribution in [0.3, 0.4) is 0 Å². The lowest BCUT2D eigenvalue weighted by Gasteiger charge is -2.02. The minimum atomic E-state index is -1.17. The number of benzene rings is 1. The maximum Gasteiger partial charge on any atom is 0.358 e. The Morgan fingerprint density at radius 1 is 1.33 bits per heavy atom. The van der Waals surface area contributed by atoms with Gasteiger partial charge in [0.2, 0.25) is 0 Å². The zero-order chi connectivity index (χ0) is 13.1. The van der Waals surface area contributed by atoms with Gasteiger partial charge in [0.15, 0.2) is 11.5 Å². The van der Waals surface area contributed by atoms with Crippen molar-refractivity contribution < 1.29 is 19.2 Å². The highest BCUT2D eigenvalue weighted by Crippen LogP contribution is 2.23. The van der Waals surface area contributed by atoms with Gasteiger partial charge in [-0.15, -0.1) is 0 Å². The van der Waals surface area contributed by atoms with Crippen LogP contribution in [0.5, 0.6) is 0 Å². The molecule has 7 nitrogen and oxygen atoms in total. The molecule has 0 fully saturated rings. The van der Waals surface area contributed by atoms with Gasteiger partial charge in [0.25, 0.3) is 0 Å². The number of amides is 2. The summed E-state index contributed by atoms with van der Waals surface area (Å²) >= 11 is 0. The van der Waals surface area contributed by atoms with Crippen molar-refractivity contribution in [2.24, 2.45) is 5.73 Å². The molecule has 0 aliphatic carbocycles. The summed E-state index contributed by atoms with van der Waals surface area (Å²) in [6.07, 6.45) is 0. The number of nitrogens with zero attached hydrogens (tertiary/aromatic N) is 1. The second-order valence-electron chi connectivity index (χ2n) is 3.45. The first kappa shape index (κ1) is 11.6. The first-order valence-corrected chi connectivity index (χ1v) is 4.93. The van der Waals surface area contributed by atoms with Crippen LogP contribution in [0.25, 0.3) is 11.3 Å². The van der Waals surface area contributed by atoms with E-state index >= 15 is 0 Å². The Hall–Kier alpha value is -2.83. The molecule has 92 valence electrons. The topological polar surface area (TPSA) is 118 Å². The Morgan fingerprint density at radius 3 is 2.72 bits per heavy atom. The quantitative estimate of drug-likeness (QED) is 0.759. The summed E-state index contributed by atoms with van der Waals surface area (Å²) in [6.45, 7) is 0. The third kappa shape index (κ3) is 2.46. The van der Waals surface area contributed by atoms with Gasteiger partial charge in [-0.05, 0) is 12.1 Å². The van der Waals surface area contributed by atoms with Gasteiger partial charge < -0.3 is 20.7 Å². The van der Waals surface area contributed by atoms with Gasteiger partial charge in [0.1, 0.15) is 0 Å². The number of nitrogens with two attached hydrogens (primary N) is 1. The fourth-order valence-corrected chi connectivity index (χ4v) is 1.40. The van der Waals surface area contributed by atoms with Crippen molar-refractivity contribution >= 4 is 17.7 Å². The minimum Gasteiger partial charge on any atom is -0.476 e. The monoisotopic (exact) mass is 247 g/mol. The van der Waals surface area contributed by atoms with Crippen molar-refractivity contribution in [3.05, 3.63) is 36.0 Å². The minimum absolute atomic E-state index is 0.182. The Bertz CT molecular complexity index is 606. The van der Waals surface area contributed by atoms with Crippen molar-refractivity contribution in [1.29, 1.82) is 0 Å². The van der Waals surface area contributed by atoms with E-state index in [0.29, 0.717) is 17.0 Å². The zero-order valence-corrected chi connectivity index (χ0v) is 9.08. The molecule has 0 radical (unpaired) electrons. The lowest BCUT2D eigenvalue weighted by Crippen LogP contribution is -2.19. The molecule has 7 heteroatoms. The smallest absolute Gasteiger partial charge is 0.358 e. The molecule has 0 aliphatic rings. The van der Waals surface area contributed by atoms with Crippen LogP contribution >= 0.6 is 0 Å². The molecule has 18 heavy (non-hydrogen) atoms. The normalized spacial score (nSPS) is 10.0. The number of rotatable bonds is 3. The number of hydrogen-bond acceptors (Lipinski definition) is 4. The van der Waals surface area contributed by atoms with Crippen LogP contribution in [0.1, 0.15) is 10.5 Å². The Kier molecular flexibility index (Phi) is 2.96. The van der Waals surface area contributed by atoms with Crippen molar-refractivity contribution in [1.82, 2.24) is 5.16 Å². The van der Waals surface area contributed by atoms with Crippen LogP contribution in [0.4, 0.5) is 10.5 Å². The van der Waals surface area contributed by atoms with Crippen LogP contribution in [0.2, 0.25) is 0 Å². The van der Waals surface area contributed by atoms with E-state index in [9.17, 15) is 9.59 Å². The first-order chi connectivity index (χ1) is 8.56. The number of carbonyl (C=O) groups excluding carboxylic acids is 1. The van der Waals surface area contributed by atoms with Gasteiger partial charge in [-0.25, -0.2) is 9.59 Å². The van der Waals surface area contributed by atoms with E-state index in [1.54, 1.807) is 24.3 Å². The highest BCUT2D eigenvalue weighted by molar-refractivity contribution is 5.89. The van der Waals surface area contributed by atoms with Gasteiger partial charge >= 0.3 is 12.0 Å². The fraction of sp³-hybridized carbons (Fsp3) is 0. The number of aromatic carboxylic acids is 1. The van der Waals surface area contributed by atoms with E-state index in [1.807, 2.05) is 0 Å². The number of urea groups is 1. The van der Waals surface area contributed by atoms with Crippen molar-refractivity contribution in [3.63, 3.8) is 0 Å². The molecule has 2 amide bonds. The third-order valence-electron chi connectivity index (χ3n) is 2.14. The molecular weight excluding hydrogens is 238 g/mol. The molecule has 0 atom stereocenters. The van der Waals surface area contributed by atoms with Gasteiger partial charge in [-0.1, -0.05) is 17.3 Å². The van der Waals surface area contributed by atoms with Crippen LogP contribution in [-0.2, 0) is 0 Å². The average Bonchev–Trinajstić information content (AvgIpc) is 2.77. The predicted octanol–water partition coefficient (Wildman–Crippen LogP) is 1.53. The Labute approximate surface area is 101 Å². The Morgan fingerprint density at radius 2 is 2.11 bits per heavy atom. The summed E-state index contributed by atoms with van der Waals surface area (Å²) in [6, 6.07) is 7.21. The van der Waals surface area contributed by atoms with Crippen molar-refractivity contribution in [2.75, 3.05) is 5.32 Å². The molecule has 2 aromatic rings. The van der Waals surface area contributed by atoms with Crippen LogP contribution < -0.4 is 11.1 Å². The number of nitrogens with one attached hydrogen (secondary N) is 1. The summed E-state index contributed by atoms with van der Waals surface area (Å²) < 4.78 is 4.90. The zero-order valence-electron chi connectivity index (χ0n) is 9.08.